The summed E-state index contributed by atoms with van der Waals surface area (Å²) in [5.41, 5.74) is 0.869. The van der Waals surface area contributed by atoms with Crippen molar-refractivity contribution in [3.05, 3.63) is 33.8 Å². The van der Waals surface area contributed by atoms with Crippen molar-refractivity contribution in [1.82, 2.24) is 4.90 Å². The first-order chi connectivity index (χ1) is 8.49. The Hall–Kier alpha value is -1.69. The number of hydrogen-bond acceptors (Lipinski definition) is 3. The zero-order valence-electron chi connectivity index (χ0n) is 9.35. The molecule has 2 amide bonds. The van der Waals surface area contributed by atoms with E-state index in [4.69, 9.17) is 5.11 Å². The van der Waals surface area contributed by atoms with Crippen molar-refractivity contribution in [2.75, 3.05) is 0 Å². The number of benzene rings is 1. The lowest BCUT2D eigenvalue weighted by Gasteiger charge is -2.15. The molecule has 6 heteroatoms. The van der Waals surface area contributed by atoms with Crippen LogP contribution in [-0.4, -0.2) is 27.8 Å². The number of rotatable bonds is 3. The van der Waals surface area contributed by atoms with Crippen molar-refractivity contribution in [2.45, 2.75) is 19.4 Å². The van der Waals surface area contributed by atoms with E-state index >= 15 is 0 Å². The van der Waals surface area contributed by atoms with Gasteiger partial charge < -0.3 is 5.11 Å². The number of aromatic carboxylic acids is 1. The van der Waals surface area contributed by atoms with Gasteiger partial charge in [0.2, 0.25) is 11.8 Å². The van der Waals surface area contributed by atoms with E-state index in [0.29, 0.717) is 10.0 Å². The molecule has 1 aromatic rings. The van der Waals surface area contributed by atoms with Crippen LogP contribution in [0.1, 0.15) is 28.8 Å². The molecule has 94 valence electrons. The zero-order valence-corrected chi connectivity index (χ0v) is 10.9. The van der Waals surface area contributed by atoms with Gasteiger partial charge in [0, 0.05) is 17.3 Å². The minimum atomic E-state index is -1.02. The van der Waals surface area contributed by atoms with Gasteiger partial charge in [-0.25, -0.2) is 4.79 Å². The first-order valence-electron chi connectivity index (χ1n) is 5.34. The van der Waals surface area contributed by atoms with Crippen LogP contribution >= 0.6 is 15.9 Å². The molecule has 18 heavy (non-hydrogen) atoms. The molecule has 1 aliphatic heterocycles. The summed E-state index contributed by atoms with van der Waals surface area (Å²) in [6, 6.07) is 4.52. The standard InChI is InChI=1S/C12H10BrNO4/c13-9-5-7(12(17)18)1-2-8(9)6-14-10(15)3-4-11(14)16/h1-2,5H,3-4,6H2,(H,17,18). The van der Waals surface area contributed by atoms with Gasteiger partial charge in [-0.3, -0.25) is 14.5 Å². The van der Waals surface area contributed by atoms with E-state index < -0.39 is 5.97 Å². The Morgan fingerprint density at radius 3 is 2.39 bits per heavy atom. The predicted octanol–water partition coefficient (Wildman–Crippen LogP) is 1.80. The van der Waals surface area contributed by atoms with Gasteiger partial charge in [-0.2, -0.15) is 0 Å². The highest BCUT2D eigenvalue weighted by Gasteiger charge is 2.29. The quantitative estimate of drug-likeness (QED) is 0.864. The molecule has 5 nitrogen and oxygen atoms in total. The number of halogens is 1. The van der Waals surface area contributed by atoms with Gasteiger partial charge in [0.15, 0.2) is 0 Å². The molecule has 1 heterocycles. The minimum absolute atomic E-state index is 0.157. The Kier molecular flexibility index (Phi) is 3.47. The third kappa shape index (κ3) is 2.43. The summed E-state index contributed by atoms with van der Waals surface area (Å²) in [4.78, 5) is 34.9. The molecule has 0 saturated carbocycles. The molecule has 0 bridgehead atoms. The van der Waals surface area contributed by atoms with Crippen LogP contribution in [0.4, 0.5) is 0 Å². The SMILES string of the molecule is O=C(O)c1ccc(CN2C(=O)CCC2=O)c(Br)c1. The highest BCUT2D eigenvalue weighted by Crippen LogP contribution is 2.23. The number of carbonyl (C=O) groups excluding carboxylic acids is 2. The van der Waals surface area contributed by atoms with Gasteiger partial charge in [-0.05, 0) is 17.7 Å². The summed E-state index contributed by atoms with van der Waals surface area (Å²) in [7, 11) is 0. The average molecular weight is 312 g/mol. The number of likely N-dealkylation sites (tertiary alicyclic amines) is 1. The van der Waals surface area contributed by atoms with Crippen LogP contribution in [0.2, 0.25) is 0 Å². The van der Waals surface area contributed by atoms with E-state index in [2.05, 4.69) is 15.9 Å². The molecule has 1 N–H and O–H groups in total. The lowest BCUT2D eigenvalue weighted by Crippen LogP contribution is -2.28. The van der Waals surface area contributed by atoms with Gasteiger partial charge in [-0.15, -0.1) is 0 Å². The third-order valence-electron chi connectivity index (χ3n) is 2.78. The first-order valence-corrected chi connectivity index (χ1v) is 6.13. The molecule has 0 unspecified atom stereocenters. The maximum absolute atomic E-state index is 11.5. The molecule has 1 fully saturated rings. The molecular formula is C12H10BrNO4. The van der Waals surface area contributed by atoms with Crippen molar-refractivity contribution in [1.29, 1.82) is 0 Å². The Balaban J connectivity index is 2.22. The van der Waals surface area contributed by atoms with Crippen molar-refractivity contribution >= 4 is 33.7 Å². The van der Waals surface area contributed by atoms with Gasteiger partial charge >= 0.3 is 5.97 Å². The fourth-order valence-electron chi connectivity index (χ4n) is 1.78. The monoisotopic (exact) mass is 311 g/mol. The van der Waals surface area contributed by atoms with E-state index in [1.54, 1.807) is 6.07 Å². The Bertz CT molecular complexity index is 525. The molecule has 0 radical (unpaired) electrons. The average Bonchev–Trinajstić information content (AvgIpc) is 2.63. The van der Waals surface area contributed by atoms with Crippen LogP contribution in [0.3, 0.4) is 0 Å². The molecule has 1 saturated heterocycles. The minimum Gasteiger partial charge on any atom is -0.478 e. The second-order valence-electron chi connectivity index (χ2n) is 3.98. The molecule has 0 atom stereocenters. The molecule has 0 spiro atoms. The first kappa shape index (κ1) is 12.8. The molecule has 1 aromatic carbocycles. The number of carboxylic acid groups (broad SMARTS) is 1. The molecule has 2 rings (SSSR count). The number of imide groups is 1. The molecule has 1 aliphatic rings. The van der Waals surface area contributed by atoms with Gasteiger partial charge in [0.25, 0.3) is 0 Å². The van der Waals surface area contributed by atoms with Crippen molar-refractivity contribution in [3.8, 4) is 0 Å². The summed E-state index contributed by atoms with van der Waals surface area (Å²) in [6.07, 6.45) is 0.507. The summed E-state index contributed by atoms with van der Waals surface area (Å²) in [6.45, 7) is 0.179. The summed E-state index contributed by atoms with van der Waals surface area (Å²) >= 11 is 3.25. The fourth-order valence-corrected chi connectivity index (χ4v) is 2.28. The Morgan fingerprint density at radius 2 is 1.89 bits per heavy atom. The second-order valence-corrected chi connectivity index (χ2v) is 4.84. The van der Waals surface area contributed by atoms with Gasteiger partial charge in [0.05, 0.1) is 12.1 Å². The highest BCUT2D eigenvalue weighted by atomic mass is 79.9. The van der Waals surface area contributed by atoms with Crippen molar-refractivity contribution in [3.63, 3.8) is 0 Å². The van der Waals surface area contributed by atoms with E-state index in [1.807, 2.05) is 0 Å². The van der Waals surface area contributed by atoms with E-state index in [9.17, 15) is 14.4 Å². The topological polar surface area (TPSA) is 74.7 Å². The fraction of sp³-hybridized carbons (Fsp3) is 0.250. The van der Waals surface area contributed by atoms with Crippen LogP contribution in [0.15, 0.2) is 22.7 Å². The highest BCUT2D eigenvalue weighted by molar-refractivity contribution is 9.10. The van der Waals surface area contributed by atoms with Crippen molar-refractivity contribution < 1.29 is 19.5 Å². The Morgan fingerprint density at radius 1 is 1.28 bits per heavy atom. The van der Waals surface area contributed by atoms with Crippen LogP contribution in [0.25, 0.3) is 0 Å². The van der Waals surface area contributed by atoms with Gasteiger partial charge in [-0.1, -0.05) is 22.0 Å². The lowest BCUT2D eigenvalue weighted by molar-refractivity contribution is -0.139. The summed E-state index contributed by atoms with van der Waals surface area (Å²) in [5.74, 6) is -1.39. The summed E-state index contributed by atoms with van der Waals surface area (Å²) < 4.78 is 0.579. The molecule has 0 aliphatic carbocycles. The number of amides is 2. The van der Waals surface area contributed by atoms with E-state index in [-0.39, 0.29) is 36.8 Å². The lowest BCUT2D eigenvalue weighted by atomic mass is 10.1. The normalized spacial score (nSPS) is 15.3. The maximum atomic E-state index is 11.5. The maximum Gasteiger partial charge on any atom is 0.335 e. The van der Waals surface area contributed by atoms with Crippen LogP contribution in [0.5, 0.6) is 0 Å². The number of carbonyl (C=O) groups is 3. The Labute approximate surface area is 112 Å². The van der Waals surface area contributed by atoms with Crippen LogP contribution < -0.4 is 0 Å². The predicted molar refractivity (Wildman–Crippen MR) is 65.9 cm³/mol. The van der Waals surface area contributed by atoms with E-state index in [0.717, 1.165) is 0 Å². The second kappa shape index (κ2) is 4.89. The number of carboxylic acids is 1. The van der Waals surface area contributed by atoms with Crippen LogP contribution in [-0.2, 0) is 16.1 Å². The smallest absolute Gasteiger partial charge is 0.335 e. The largest absolute Gasteiger partial charge is 0.478 e. The third-order valence-corrected chi connectivity index (χ3v) is 3.52. The number of hydrogen-bond donors (Lipinski definition) is 1. The molecule has 0 aromatic heterocycles. The molecular weight excluding hydrogens is 302 g/mol. The summed E-state index contributed by atoms with van der Waals surface area (Å²) in [5, 5.41) is 8.83. The van der Waals surface area contributed by atoms with Crippen LogP contribution in [0, 0.1) is 0 Å². The number of nitrogens with zero attached hydrogens (tertiary/aromatic N) is 1. The van der Waals surface area contributed by atoms with E-state index in [1.165, 1.54) is 17.0 Å². The zero-order chi connectivity index (χ0) is 13.3. The van der Waals surface area contributed by atoms with Gasteiger partial charge in [0.1, 0.15) is 0 Å². The van der Waals surface area contributed by atoms with Crippen molar-refractivity contribution in [2.24, 2.45) is 0 Å².